The quantitative estimate of drug-likeness (QED) is 0.877. The van der Waals surface area contributed by atoms with Crippen molar-refractivity contribution in [1.82, 2.24) is 0 Å². The van der Waals surface area contributed by atoms with Gasteiger partial charge in [0, 0.05) is 5.41 Å². The van der Waals surface area contributed by atoms with Gasteiger partial charge in [0.15, 0.2) is 0 Å². The first kappa shape index (κ1) is 14.5. The molecule has 106 valence electrons. The lowest BCUT2D eigenvalue weighted by Gasteiger charge is -2.42. The lowest BCUT2D eigenvalue weighted by molar-refractivity contribution is -0.0408. The Kier molecular flexibility index (Phi) is 5.00. The molecule has 1 aromatic carbocycles. The van der Waals surface area contributed by atoms with E-state index >= 15 is 0 Å². The molecule has 1 atom stereocenters. The fraction of sp³-hybridized carbons (Fsp3) is 0.647. The average Bonchev–Trinajstić information content (AvgIpc) is 2.46. The Bertz CT molecular complexity index is 366. The molecule has 2 rings (SSSR count). The summed E-state index contributed by atoms with van der Waals surface area (Å²) >= 11 is 0. The van der Waals surface area contributed by atoms with Gasteiger partial charge in [0.25, 0.3) is 0 Å². The summed E-state index contributed by atoms with van der Waals surface area (Å²) in [4.78, 5) is 0. The van der Waals surface area contributed by atoms with Crippen molar-refractivity contribution in [3.8, 4) is 0 Å². The second kappa shape index (κ2) is 6.53. The average molecular weight is 262 g/mol. The molecule has 0 saturated heterocycles. The van der Waals surface area contributed by atoms with Gasteiger partial charge in [-0.2, -0.15) is 0 Å². The zero-order valence-corrected chi connectivity index (χ0v) is 12.1. The van der Waals surface area contributed by atoms with Gasteiger partial charge >= 0.3 is 0 Å². The van der Waals surface area contributed by atoms with Crippen LogP contribution in [0, 0.1) is 0 Å². The number of rotatable bonds is 5. The molecule has 0 aliphatic heterocycles. The van der Waals surface area contributed by atoms with Crippen LogP contribution in [0.1, 0.15) is 51.5 Å². The van der Waals surface area contributed by atoms with Gasteiger partial charge in [-0.25, -0.2) is 0 Å². The van der Waals surface area contributed by atoms with Crippen molar-refractivity contribution in [2.75, 3.05) is 6.61 Å². The van der Waals surface area contributed by atoms with E-state index in [1.807, 2.05) is 19.9 Å². The fourth-order valence-corrected chi connectivity index (χ4v) is 3.21. The summed E-state index contributed by atoms with van der Waals surface area (Å²) < 4.78 is 5.65. The van der Waals surface area contributed by atoms with Crippen LogP contribution in [0.5, 0.6) is 0 Å². The van der Waals surface area contributed by atoms with Crippen LogP contribution in [0.25, 0.3) is 0 Å². The summed E-state index contributed by atoms with van der Waals surface area (Å²) in [6.07, 6.45) is 5.59. The topological polar surface area (TPSA) is 29.5 Å². The number of benzene rings is 1. The van der Waals surface area contributed by atoms with Crippen LogP contribution in [-0.4, -0.2) is 23.9 Å². The Balaban J connectivity index is 2.19. The highest BCUT2D eigenvalue weighted by Gasteiger charge is 2.40. The number of hydrogen-bond donors (Lipinski definition) is 1. The van der Waals surface area contributed by atoms with Crippen molar-refractivity contribution in [3.63, 3.8) is 0 Å². The predicted molar refractivity (Wildman–Crippen MR) is 78.3 cm³/mol. The Morgan fingerprint density at radius 3 is 2.32 bits per heavy atom. The van der Waals surface area contributed by atoms with Gasteiger partial charge in [-0.05, 0) is 32.3 Å². The largest absolute Gasteiger partial charge is 0.390 e. The molecule has 0 aromatic heterocycles. The van der Waals surface area contributed by atoms with Crippen molar-refractivity contribution in [2.24, 2.45) is 0 Å². The smallest absolute Gasteiger partial charge is 0.0870 e. The lowest BCUT2D eigenvalue weighted by atomic mass is 9.66. The van der Waals surface area contributed by atoms with E-state index in [1.165, 1.54) is 24.8 Å². The summed E-state index contributed by atoms with van der Waals surface area (Å²) in [6.45, 7) is 4.47. The third kappa shape index (κ3) is 3.37. The Labute approximate surface area is 116 Å². The molecule has 0 heterocycles. The van der Waals surface area contributed by atoms with Gasteiger partial charge < -0.3 is 9.84 Å². The standard InChI is InChI=1S/C17H26O2/c1-14(2)19-13-16(18)17(11-7-4-8-12-17)15-9-5-3-6-10-15/h3,5-6,9-10,14,16,18H,4,7-8,11-13H2,1-2H3. The molecule has 2 nitrogen and oxygen atoms in total. The van der Waals surface area contributed by atoms with Gasteiger partial charge in [0.05, 0.1) is 18.8 Å². The first-order valence-electron chi connectivity index (χ1n) is 7.50. The van der Waals surface area contributed by atoms with Crippen LogP contribution < -0.4 is 0 Å². The van der Waals surface area contributed by atoms with Gasteiger partial charge in [-0.3, -0.25) is 0 Å². The minimum Gasteiger partial charge on any atom is -0.390 e. The van der Waals surface area contributed by atoms with E-state index in [0.717, 1.165) is 12.8 Å². The molecule has 1 saturated carbocycles. The first-order valence-corrected chi connectivity index (χ1v) is 7.50. The second-order valence-corrected chi connectivity index (χ2v) is 5.98. The number of ether oxygens (including phenoxy) is 1. The number of aliphatic hydroxyl groups excluding tert-OH is 1. The van der Waals surface area contributed by atoms with Crippen molar-refractivity contribution >= 4 is 0 Å². The Hall–Kier alpha value is -0.860. The first-order chi connectivity index (χ1) is 9.15. The van der Waals surface area contributed by atoms with Crippen molar-refractivity contribution in [1.29, 1.82) is 0 Å². The Morgan fingerprint density at radius 2 is 1.74 bits per heavy atom. The summed E-state index contributed by atoms with van der Waals surface area (Å²) in [5.41, 5.74) is 1.17. The molecule has 2 heteroatoms. The van der Waals surface area contributed by atoms with Gasteiger partial charge in [-0.15, -0.1) is 0 Å². The molecule has 19 heavy (non-hydrogen) atoms. The second-order valence-electron chi connectivity index (χ2n) is 5.98. The van der Waals surface area contributed by atoms with Crippen molar-refractivity contribution in [3.05, 3.63) is 35.9 Å². The maximum absolute atomic E-state index is 10.7. The molecule has 0 amide bonds. The predicted octanol–water partition coefficient (Wildman–Crippen LogP) is 3.67. The zero-order chi connectivity index (χ0) is 13.7. The van der Waals surface area contributed by atoms with E-state index in [1.54, 1.807) is 0 Å². The molecule has 1 unspecified atom stereocenters. The minimum atomic E-state index is -0.405. The monoisotopic (exact) mass is 262 g/mol. The van der Waals surface area contributed by atoms with E-state index < -0.39 is 6.10 Å². The molecule has 1 aromatic rings. The highest BCUT2D eigenvalue weighted by Crippen LogP contribution is 2.42. The van der Waals surface area contributed by atoms with Crippen LogP contribution in [0.4, 0.5) is 0 Å². The zero-order valence-electron chi connectivity index (χ0n) is 12.1. The molecule has 1 fully saturated rings. The molecule has 0 bridgehead atoms. The summed E-state index contributed by atoms with van der Waals surface area (Å²) in [7, 11) is 0. The molecule has 1 aliphatic rings. The molecule has 1 aliphatic carbocycles. The molecular weight excluding hydrogens is 236 g/mol. The van der Waals surface area contributed by atoms with Crippen LogP contribution >= 0.6 is 0 Å². The maximum atomic E-state index is 10.7. The number of aliphatic hydroxyl groups is 1. The Morgan fingerprint density at radius 1 is 1.11 bits per heavy atom. The fourth-order valence-electron chi connectivity index (χ4n) is 3.21. The molecule has 1 N–H and O–H groups in total. The molecule has 0 radical (unpaired) electrons. The van der Waals surface area contributed by atoms with E-state index in [-0.39, 0.29) is 11.5 Å². The van der Waals surface area contributed by atoms with E-state index in [2.05, 4.69) is 24.3 Å². The van der Waals surface area contributed by atoms with Crippen LogP contribution in [-0.2, 0) is 10.2 Å². The van der Waals surface area contributed by atoms with Crippen LogP contribution in [0.15, 0.2) is 30.3 Å². The third-order valence-electron chi connectivity index (χ3n) is 4.32. The maximum Gasteiger partial charge on any atom is 0.0870 e. The van der Waals surface area contributed by atoms with E-state index in [9.17, 15) is 5.11 Å². The van der Waals surface area contributed by atoms with Crippen LogP contribution in [0.3, 0.4) is 0 Å². The van der Waals surface area contributed by atoms with E-state index in [4.69, 9.17) is 4.74 Å². The SMILES string of the molecule is CC(C)OCC(O)C1(c2ccccc2)CCCCC1. The number of hydrogen-bond acceptors (Lipinski definition) is 2. The highest BCUT2D eigenvalue weighted by molar-refractivity contribution is 5.27. The molecular formula is C17H26O2. The van der Waals surface area contributed by atoms with Crippen molar-refractivity contribution in [2.45, 2.75) is 63.6 Å². The van der Waals surface area contributed by atoms with Gasteiger partial charge in [0.1, 0.15) is 0 Å². The van der Waals surface area contributed by atoms with Gasteiger partial charge in [0.2, 0.25) is 0 Å². The highest BCUT2D eigenvalue weighted by atomic mass is 16.5. The molecule has 0 spiro atoms. The van der Waals surface area contributed by atoms with Crippen molar-refractivity contribution < 1.29 is 9.84 Å². The van der Waals surface area contributed by atoms with E-state index in [0.29, 0.717) is 6.61 Å². The van der Waals surface area contributed by atoms with Crippen LogP contribution in [0.2, 0.25) is 0 Å². The summed E-state index contributed by atoms with van der Waals surface area (Å²) in [5.74, 6) is 0. The minimum absolute atomic E-state index is 0.103. The third-order valence-corrected chi connectivity index (χ3v) is 4.32. The van der Waals surface area contributed by atoms with Gasteiger partial charge in [-0.1, -0.05) is 49.6 Å². The normalized spacial score (nSPS) is 20.4. The lowest BCUT2D eigenvalue weighted by Crippen LogP contribution is -2.44. The summed E-state index contributed by atoms with van der Waals surface area (Å²) in [6, 6.07) is 10.5. The summed E-state index contributed by atoms with van der Waals surface area (Å²) in [5, 5.41) is 10.7.